The molecule has 1 heterocycles. The summed E-state index contributed by atoms with van der Waals surface area (Å²) >= 11 is 5.79. The molecule has 0 radical (unpaired) electrons. The fourth-order valence-electron chi connectivity index (χ4n) is 1.98. The molecule has 0 unspecified atom stereocenters. The monoisotopic (exact) mass is 352 g/mol. The van der Waals surface area contributed by atoms with Crippen LogP contribution in [0.15, 0.2) is 59.7 Å². The number of halogens is 3. The maximum Gasteiger partial charge on any atom is 0.278 e. The van der Waals surface area contributed by atoms with Gasteiger partial charge < -0.3 is 21.4 Å². The van der Waals surface area contributed by atoms with Gasteiger partial charge in [0.25, 0.3) is 12.3 Å². The van der Waals surface area contributed by atoms with Crippen LogP contribution in [0.25, 0.3) is 0 Å². The Bertz CT molecular complexity index is 726. The van der Waals surface area contributed by atoms with Gasteiger partial charge in [0.05, 0.1) is 11.3 Å². The molecule has 4 N–H and O–H groups in total. The standard InChI is InChI=1S/C16H15ClF2N4O/c1-9-6-13(14(18)19)23-15(22-9)12(7-20)16(24)21-8-10-2-4-11(17)5-3-10/h2-7,14,20,22-23H,1,8H2,(H,21,24)/b15-12+,20-7?. The van der Waals surface area contributed by atoms with Crippen LogP contribution in [0.1, 0.15) is 5.56 Å². The molecule has 0 fully saturated rings. The zero-order valence-electron chi connectivity index (χ0n) is 12.5. The van der Waals surface area contributed by atoms with Gasteiger partial charge in [-0.25, -0.2) is 8.78 Å². The first-order valence-electron chi connectivity index (χ1n) is 6.90. The Morgan fingerprint density at radius 1 is 1.33 bits per heavy atom. The number of carbonyl (C=O) groups excluding carboxylic acids is 1. The van der Waals surface area contributed by atoms with Crippen molar-refractivity contribution in [2.45, 2.75) is 13.0 Å². The number of hydrogen-bond acceptors (Lipinski definition) is 4. The SMILES string of the molecule is C=C1C=C(C(F)F)N/C(=C(\C=N)C(=O)NCc2ccc(Cl)cc2)N1. The van der Waals surface area contributed by atoms with E-state index in [4.69, 9.17) is 17.0 Å². The molecule has 1 aromatic carbocycles. The number of allylic oxidation sites excluding steroid dienone is 2. The first kappa shape index (κ1) is 17.7. The number of nitrogens with one attached hydrogen (secondary N) is 4. The molecule has 0 bridgehead atoms. The van der Waals surface area contributed by atoms with Crippen molar-refractivity contribution in [2.24, 2.45) is 0 Å². The number of rotatable bonds is 5. The van der Waals surface area contributed by atoms with Crippen LogP contribution in [0.2, 0.25) is 5.02 Å². The molecule has 24 heavy (non-hydrogen) atoms. The minimum Gasteiger partial charge on any atom is -0.348 e. The van der Waals surface area contributed by atoms with Crippen LogP contribution in [0.5, 0.6) is 0 Å². The van der Waals surface area contributed by atoms with Crippen molar-refractivity contribution < 1.29 is 13.6 Å². The highest BCUT2D eigenvalue weighted by Crippen LogP contribution is 2.16. The molecule has 1 aliphatic rings. The number of amides is 1. The Hall–Kier alpha value is -2.67. The summed E-state index contributed by atoms with van der Waals surface area (Å²) < 4.78 is 25.7. The van der Waals surface area contributed by atoms with Gasteiger partial charge in [0.2, 0.25) is 0 Å². The second-order valence-corrected chi connectivity index (χ2v) is 5.35. The third-order valence-electron chi connectivity index (χ3n) is 3.14. The van der Waals surface area contributed by atoms with E-state index < -0.39 is 18.0 Å². The smallest absolute Gasteiger partial charge is 0.278 e. The quantitative estimate of drug-likeness (QED) is 0.486. The van der Waals surface area contributed by atoms with Crippen molar-refractivity contribution in [3.05, 3.63) is 70.3 Å². The van der Waals surface area contributed by atoms with Crippen LogP contribution in [-0.4, -0.2) is 18.5 Å². The highest BCUT2D eigenvalue weighted by molar-refractivity contribution is 6.30. The summed E-state index contributed by atoms with van der Waals surface area (Å²) in [6.07, 6.45) is -0.821. The maximum atomic E-state index is 12.8. The van der Waals surface area contributed by atoms with Gasteiger partial charge in [-0.1, -0.05) is 30.3 Å². The van der Waals surface area contributed by atoms with Crippen LogP contribution in [-0.2, 0) is 11.3 Å². The molecule has 5 nitrogen and oxygen atoms in total. The van der Waals surface area contributed by atoms with E-state index in [1.165, 1.54) is 0 Å². The molecule has 1 aliphatic heterocycles. The first-order chi connectivity index (χ1) is 11.4. The Labute approximate surface area is 142 Å². The van der Waals surface area contributed by atoms with Crippen LogP contribution in [0.3, 0.4) is 0 Å². The molecular weight excluding hydrogens is 338 g/mol. The molecule has 1 amide bonds. The molecule has 1 aromatic rings. The largest absolute Gasteiger partial charge is 0.348 e. The normalized spacial score (nSPS) is 16.0. The van der Waals surface area contributed by atoms with E-state index in [0.717, 1.165) is 17.9 Å². The van der Waals surface area contributed by atoms with Gasteiger partial charge in [-0.3, -0.25) is 4.79 Å². The van der Waals surface area contributed by atoms with Crippen LogP contribution < -0.4 is 16.0 Å². The molecule has 0 spiro atoms. The lowest BCUT2D eigenvalue weighted by Gasteiger charge is -2.23. The van der Waals surface area contributed by atoms with Gasteiger partial charge in [-0.05, 0) is 23.8 Å². The van der Waals surface area contributed by atoms with Gasteiger partial charge >= 0.3 is 0 Å². The summed E-state index contributed by atoms with van der Waals surface area (Å²) in [5, 5.41) is 15.7. The summed E-state index contributed by atoms with van der Waals surface area (Å²) in [6, 6.07) is 6.87. The zero-order valence-corrected chi connectivity index (χ0v) is 13.3. The van der Waals surface area contributed by atoms with Crippen molar-refractivity contribution >= 4 is 23.7 Å². The van der Waals surface area contributed by atoms with Crippen molar-refractivity contribution in [3.8, 4) is 0 Å². The molecule has 126 valence electrons. The second-order valence-electron chi connectivity index (χ2n) is 4.92. The van der Waals surface area contributed by atoms with Gasteiger partial charge in [-0.2, -0.15) is 0 Å². The molecule has 8 heteroatoms. The predicted molar refractivity (Wildman–Crippen MR) is 88.6 cm³/mol. The first-order valence-corrected chi connectivity index (χ1v) is 7.28. The van der Waals surface area contributed by atoms with E-state index in [1.54, 1.807) is 24.3 Å². The second kappa shape index (κ2) is 7.74. The summed E-state index contributed by atoms with van der Waals surface area (Å²) in [5.41, 5.74) is 0.503. The highest BCUT2D eigenvalue weighted by Gasteiger charge is 2.22. The van der Waals surface area contributed by atoms with E-state index in [1.807, 2.05) is 0 Å². The third-order valence-corrected chi connectivity index (χ3v) is 3.40. The zero-order chi connectivity index (χ0) is 17.7. The molecule has 0 saturated heterocycles. The Morgan fingerprint density at radius 3 is 2.58 bits per heavy atom. The third kappa shape index (κ3) is 4.42. The highest BCUT2D eigenvalue weighted by atomic mass is 35.5. The Balaban J connectivity index is 2.13. The Morgan fingerprint density at radius 2 is 2.00 bits per heavy atom. The predicted octanol–water partition coefficient (Wildman–Crippen LogP) is 2.67. The lowest BCUT2D eigenvalue weighted by Crippen LogP contribution is -2.37. The van der Waals surface area contributed by atoms with E-state index in [0.29, 0.717) is 5.02 Å². The molecule has 2 rings (SSSR count). The van der Waals surface area contributed by atoms with Crippen LogP contribution in [0, 0.1) is 5.41 Å². The van der Waals surface area contributed by atoms with Gasteiger partial charge in [0, 0.05) is 23.5 Å². The van der Waals surface area contributed by atoms with Gasteiger partial charge in [0.1, 0.15) is 5.82 Å². The maximum absolute atomic E-state index is 12.8. The lowest BCUT2D eigenvalue weighted by atomic mass is 10.2. The number of hydrogen-bond donors (Lipinski definition) is 4. The van der Waals surface area contributed by atoms with E-state index in [2.05, 4.69) is 22.5 Å². The van der Waals surface area contributed by atoms with Gasteiger partial charge in [-0.15, -0.1) is 0 Å². The topological polar surface area (TPSA) is 77.0 Å². The van der Waals surface area contributed by atoms with Crippen LogP contribution >= 0.6 is 11.6 Å². The summed E-state index contributed by atoms with van der Waals surface area (Å²) in [5.74, 6) is -0.598. The fraction of sp³-hybridized carbons (Fsp3) is 0.125. The Kier molecular flexibility index (Phi) is 5.70. The van der Waals surface area contributed by atoms with Crippen molar-refractivity contribution in [1.82, 2.24) is 16.0 Å². The fourth-order valence-corrected chi connectivity index (χ4v) is 2.11. The molecule has 0 aliphatic carbocycles. The minimum absolute atomic E-state index is 0.0126. The van der Waals surface area contributed by atoms with E-state index in [-0.39, 0.29) is 23.6 Å². The minimum atomic E-state index is -2.75. The molecule has 0 aromatic heterocycles. The average molecular weight is 353 g/mol. The number of benzene rings is 1. The average Bonchev–Trinajstić information content (AvgIpc) is 2.54. The van der Waals surface area contributed by atoms with E-state index >= 15 is 0 Å². The summed E-state index contributed by atoms with van der Waals surface area (Å²) in [7, 11) is 0. The number of carbonyl (C=O) groups is 1. The molecular formula is C16H15ClF2N4O. The summed E-state index contributed by atoms with van der Waals surface area (Å²) in [4.78, 5) is 12.2. The van der Waals surface area contributed by atoms with Gasteiger partial charge in [0.15, 0.2) is 0 Å². The van der Waals surface area contributed by atoms with Crippen molar-refractivity contribution in [1.29, 1.82) is 5.41 Å². The van der Waals surface area contributed by atoms with E-state index in [9.17, 15) is 13.6 Å². The van der Waals surface area contributed by atoms with Crippen molar-refractivity contribution in [2.75, 3.05) is 0 Å². The van der Waals surface area contributed by atoms with Crippen molar-refractivity contribution in [3.63, 3.8) is 0 Å². The summed E-state index contributed by atoms with van der Waals surface area (Å²) in [6.45, 7) is 3.77. The molecule has 0 saturated carbocycles. The lowest BCUT2D eigenvalue weighted by molar-refractivity contribution is -0.117. The number of alkyl halides is 2. The van der Waals surface area contributed by atoms with Crippen LogP contribution in [0.4, 0.5) is 8.78 Å². The molecule has 0 atom stereocenters.